The van der Waals surface area contributed by atoms with Gasteiger partial charge in [-0.05, 0) is 13.8 Å². The molecule has 1 aliphatic heterocycles. The molecule has 0 radical (unpaired) electrons. The van der Waals surface area contributed by atoms with Gasteiger partial charge < -0.3 is 24.9 Å². The number of carbonyl (C=O) groups is 1. The first-order chi connectivity index (χ1) is 12.7. The van der Waals surface area contributed by atoms with Gasteiger partial charge >= 0.3 is 5.97 Å². The van der Waals surface area contributed by atoms with E-state index in [9.17, 15) is 4.79 Å². The Balaban J connectivity index is 2.18. The second-order valence-corrected chi connectivity index (χ2v) is 7.76. The summed E-state index contributed by atoms with van der Waals surface area (Å²) in [6, 6.07) is 1.74. The molecule has 1 aliphatic rings. The van der Waals surface area contributed by atoms with Crippen LogP contribution >= 0.6 is 11.6 Å². The number of H-pyrrole nitrogens is 1. The largest absolute Gasteiger partial charge is 0.488 e. The van der Waals surface area contributed by atoms with Crippen molar-refractivity contribution < 1.29 is 19.4 Å². The molecule has 7 nitrogen and oxygen atoms in total. The van der Waals surface area contributed by atoms with Gasteiger partial charge in [0.05, 0.1) is 35.0 Å². The summed E-state index contributed by atoms with van der Waals surface area (Å²) in [7, 11) is 0. The Hall–Kier alpha value is -2.25. The summed E-state index contributed by atoms with van der Waals surface area (Å²) in [6.45, 7) is 8.38. The lowest BCUT2D eigenvalue weighted by Gasteiger charge is -2.23. The number of ether oxygens (including phenoxy) is 2. The van der Waals surface area contributed by atoms with Gasteiger partial charge in [0.1, 0.15) is 6.61 Å². The van der Waals surface area contributed by atoms with Crippen molar-refractivity contribution in [3.63, 3.8) is 0 Å². The fraction of sp³-hybridized carbons (Fsp3) is 0.474. The van der Waals surface area contributed by atoms with Gasteiger partial charge in [-0.3, -0.25) is 0 Å². The highest BCUT2D eigenvalue weighted by Crippen LogP contribution is 2.40. The summed E-state index contributed by atoms with van der Waals surface area (Å²) in [5, 5.41) is 12.4. The highest BCUT2D eigenvalue weighted by atomic mass is 35.5. The Kier molecular flexibility index (Phi) is 5.35. The molecule has 0 aliphatic carbocycles. The molecule has 0 spiro atoms. The zero-order chi connectivity index (χ0) is 19.8. The Morgan fingerprint density at radius 3 is 2.85 bits per heavy atom. The minimum absolute atomic E-state index is 0.120. The molecule has 0 amide bonds. The van der Waals surface area contributed by atoms with Crippen molar-refractivity contribution >= 4 is 34.2 Å². The molecule has 3 heterocycles. The van der Waals surface area contributed by atoms with E-state index in [4.69, 9.17) is 26.2 Å². The van der Waals surface area contributed by atoms with Crippen LogP contribution < -0.4 is 10.1 Å². The van der Waals surface area contributed by atoms with E-state index >= 15 is 0 Å². The van der Waals surface area contributed by atoms with Crippen LogP contribution in [-0.4, -0.2) is 46.9 Å². The summed E-state index contributed by atoms with van der Waals surface area (Å²) in [6.07, 6.45) is 1.45. The molecular weight excluding hydrogens is 370 g/mol. The van der Waals surface area contributed by atoms with Crippen LogP contribution in [0.25, 0.3) is 16.6 Å². The molecule has 146 valence electrons. The highest BCUT2D eigenvalue weighted by Gasteiger charge is 2.34. The molecule has 0 saturated carbocycles. The van der Waals surface area contributed by atoms with E-state index in [1.807, 2.05) is 13.8 Å². The lowest BCUT2D eigenvalue weighted by atomic mass is 9.83. The number of halogens is 1. The lowest BCUT2D eigenvalue weighted by molar-refractivity contribution is -0.140. The lowest BCUT2D eigenvalue weighted by Crippen LogP contribution is -2.29. The van der Waals surface area contributed by atoms with Gasteiger partial charge in [0.2, 0.25) is 0 Å². The number of hydrogen-bond donors (Lipinski definition) is 3. The van der Waals surface area contributed by atoms with E-state index in [1.165, 1.54) is 0 Å². The zero-order valence-corrected chi connectivity index (χ0v) is 16.6. The van der Waals surface area contributed by atoms with Crippen molar-refractivity contribution in [2.75, 3.05) is 19.8 Å². The van der Waals surface area contributed by atoms with Crippen LogP contribution in [0.5, 0.6) is 5.75 Å². The number of rotatable bonds is 5. The number of aromatic amines is 1. The summed E-state index contributed by atoms with van der Waals surface area (Å²) >= 11 is 6.29. The number of carbonyl (C=O) groups excluding carboxylic acids is 1. The van der Waals surface area contributed by atoms with Gasteiger partial charge in [-0.25, -0.2) is 9.78 Å². The molecule has 2 aromatic heterocycles. The molecule has 2 aromatic rings. The molecule has 3 rings (SSSR count). The van der Waals surface area contributed by atoms with E-state index in [-0.39, 0.29) is 29.9 Å². The molecule has 0 fully saturated rings. The third kappa shape index (κ3) is 3.75. The number of pyridine rings is 1. The number of nitrogens with one attached hydrogen (secondary N) is 2. The number of fused-ring (bicyclic) bond motifs is 3. The fourth-order valence-corrected chi connectivity index (χ4v) is 3.39. The molecule has 3 N–H and O–H groups in total. The topological polar surface area (TPSA) is 96.5 Å². The van der Waals surface area contributed by atoms with Crippen LogP contribution in [0.1, 0.15) is 39.0 Å². The number of aliphatic hydroxyl groups is 1. The van der Waals surface area contributed by atoms with E-state index in [2.05, 4.69) is 29.1 Å². The Labute approximate surface area is 162 Å². The predicted octanol–water partition coefficient (Wildman–Crippen LogP) is 2.76. The van der Waals surface area contributed by atoms with Crippen molar-refractivity contribution in [1.82, 2.24) is 15.3 Å². The molecule has 0 aromatic carbocycles. The van der Waals surface area contributed by atoms with Crippen molar-refractivity contribution in [3.05, 3.63) is 28.7 Å². The number of nitrogens with zero attached hydrogens (tertiary/aromatic N) is 1. The first-order valence-electron chi connectivity index (χ1n) is 8.86. The van der Waals surface area contributed by atoms with Gasteiger partial charge in [-0.2, -0.15) is 0 Å². The SMILES string of the molecule is CC(C)OC(=O)C1=CNCC(C)(C)c2c1[nH]c1cc(OCCO)c(Cl)nc21. The zero-order valence-electron chi connectivity index (χ0n) is 15.9. The molecule has 0 atom stereocenters. The Morgan fingerprint density at radius 2 is 2.19 bits per heavy atom. The standard InChI is InChI=1S/C19H24ClN3O4/c1-10(2)27-18(25)11-8-21-9-19(3,4)14-15(11)22-12-7-13(26-6-5-24)17(20)23-16(12)14/h7-8,10,21-22,24H,5-6,9H2,1-4H3. The van der Waals surface area contributed by atoms with Crippen LogP contribution in [0.2, 0.25) is 5.15 Å². The van der Waals surface area contributed by atoms with Crippen LogP contribution in [-0.2, 0) is 14.9 Å². The molecule has 8 heteroatoms. The van der Waals surface area contributed by atoms with E-state index in [0.29, 0.717) is 34.6 Å². The molecular formula is C19H24ClN3O4. The van der Waals surface area contributed by atoms with Gasteiger partial charge in [0, 0.05) is 29.8 Å². The van der Waals surface area contributed by atoms with Gasteiger partial charge in [-0.15, -0.1) is 0 Å². The van der Waals surface area contributed by atoms with Crippen molar-refractivity contribution in [2.45, 2.75) is 39.2 Å². The average molecular weight is 394 g/mol. The maximum atomic E-state index is 12.6. The minimum Gasteiger partial charge on any atom is -0.488 e. The number of hydrogen-bond acceptors (Lipinski definition) is 6. The monoisotopic (exact) mass is 393 g/mol. The molecule has 0 unspecified atom stereocenters. The molecule has 27 heavy (non-hydrogen) atoms. The van der Waals surface area contributed by atoms with E-state index in [0.717, 1.165) is 5.56 Å². The van der Waals surface area contributed by atoms with E-state index in [1.54, 1.807) is 12.3 Å². The summed E-state index contributed by atoms with van der Waals surface area (Å²) in [4.78, 5) is 20.4. The van der Waals surface area contributed by atoms with Gasteiger partial charge in [0.25, 0.3) is 0 Å². The maximum Gasteiger partial charge on any atom is 0.342 e. The van der Waals surface area contributed by atoms with Crippen LogP contribution in [0.15, 0.2) is 12.3 Å². The maximum absolute atomic E-state index is 12.6. The second-order valence-electron chi connectivity index (χ2n) is 7.40. The Morgan fingerprint density at radius 1 is 1.44 bits per heavy atom. The van der Waals surface area contributed by atoms with Crippen LogP contribution in [0.3, 0.4) is 0 Å². The van der Waals surface area contributed by atoms with Crippen LogP contribution in [0.4, 0.5) is 0 Å². The molecule has 0 saturated heterocycles. The van der Waals surface area contributed by atoms with E-state index < -0.39 is 5.97 Å². The van der Waals surface area contributed by atoms with Gasteiger partial charge in [0.15, 0.2) is 10.9 Å². The normalized spacial score (nSPS) is 15.7. The number of aliphatic hydroxyl groups excluding tert-OH is 1. The van der Waals surface area contributed by atoms with Crippen molar-refractivity contribution in [3.8, 4) is 5.75 Å². The first-order valence-corrected chi connectivity index (χ1v) is 9.23. The fourth-order valence-electron chi connectivity index (χ4n) is 3.20. The smallest absolute Gasteiger partial charge is 0.342 e. The summed E-state index contributed by atoms with van der Waals surface area (Å²) < 4.78 is 10.8. The Bertz CT molecular complexity index is 902. The van der Waals surface area contributed by atoms with Crippen molar-refractivity contribution in [2.24, 2.45) is 0 Å². The summed E-state index contributed by atoms with van der Waals surface area (Å²) in [5.41, 5.74) is 3.04. The van der Waals surface area contributed by atoms with Crippen molar-refractivity contribution in [1.29, 1.82) is 0 Å². The number of esters is 1. The average Bonchev–Trinajstić information content (AvgIpc) is 2.87. The quantitative estimate of drug-likeness (QED) is 0.534. The number of aromatic nitrogens is 2. The summed E-state index contributed by atoms with van der Waals surface area (Å²) in [5.74, 6) is -0.0355. The van der Waals surface area contributed by atoms with Crippen LogP contribution in [0, 0.1) is 0 Å². The minimum atomic E-state index is -0.411. The molecule has 0 bridgehead atoms. The third-order valence-electron chi connectivity index (χ3n) is 4.34. The first kappa shape index (κ1) is 19.5. The third-order valence-corrected chi connectivity index (χ3v) is 4.61. The predicted molar refractivity (Wildman–Crippen MR) is 104 cm³/mol. The highest BCUT2D eigenvalue weighted by molar-refractivity contribution is 6.31. The second kappa shape index (κ2) is 7.40. The van der Waals surface area contributed by atoms with Gasteiger partial charge in [-0.1, -0.05) is 25.4 Å².